The van der Waals surface area contributed by atoms with Gasteiger partial charge in [-0.15, -0.1) is 0 Å². The summed E-state index contributed by atoms with van der Waals surface area (Å²) in [6.45, 7) is 1.78. The van der Waals surface area contributed by atoms with Crippen molar-refractivity contribution in [3.05, 3.63) is 111 Å². The van der Waals surface area contributed by atoms with Gasteiger partial charge in [-0.1, -0.05) is 30.4 Å². The lowest BCUT2D eigenvalue weighted by Gasteiger charge is -2.08. The molecule has 3 N–H and O–H groups in total. The summed E-state index contributed by atoms with van der Waals surface area (Å²) < 4.78 is 29.7. The maximum Gasteiger partial charge on any atom is 0.280 e. The molecule has 3 heterocycles. The lowest BCUT2D eigenvalue weighted by molar-refractivity contribution is -0.110. The van der Waals surface area contributed by atoms with Gasteiger partial charge in [0.1, 0.15) is 5.56 Å². The van der Waals surface area contributed by atoms with Crippen LogP contribution in [0, 0.1) is 18.6 Å². The van der Waals surface area contributed by atoms with Gasteiger partial charge in [-0.25, -0.2) is 18.4 Å². The summed E-state index contributed by atoms with van der Waals surface area (Å²) in [5.74, 6) is -2.73. The largest absolute Gasteiger partial charge is 0.348 e. The first kappa shape index (κ1) is 25.6. The van der Waals surface area contributed by atoms with Crippen LogP contribution in [0.5, 0.6) is 0 Å². The molecule has 0 saturated heterocycles. The van der Waals surface area contributed by atoms with Gasteiger partial charge >= 0.3 is 0 Å². The number of aromatic amines is 1. The fourth-order valence-electron chi connectivity index (χ4n) is 4.41. The highest BCUT2D eigenvalue weighted by Crippen LogP contribution is 2.33. The highest BCUT2D eigenvalue weighted by Gasteiger charge is 2.24. The van der Waals surface area contributed by atoms with Gasteiger partial charge in [0, 0.05) is 30.5 Å². The molecule has 0 radical (unpaired) electrons. The van der Waals surface area contributed by atoms with Crippen LogP contribution in [0.4, 0.5) is 14.5 Å². The Morgan fingerprint density at radius 1 is 1.13 bits per heavy atom. The predicted octanol–water partition coefficient (Wildman–Crippen LogP) is 3.48. The summed E-state index contributed by atoms with van der Waals surface area (Å²) in [6, 6.07) is 8.94. The number of carbonyl (C=O) groups excluding carboxylic acids is 2. The van der Waals surface area contributed by atoms with E-state index in [9.17, 15) is 23.2 Å². The zero-order valence-electron chi connectivity index (χ0n) is 21.1. The molecule has 198 valence electrons. The van der Waals surface area contributed by atoms with Crippen molar-refractivity contribution >= 4 is 35.2 Å². The van der Waals surface area contributed by atoms with Gasteiger partial charge in [-0.2, -0.15) is 0 Å². The maximum atomic E-state index is 13.6. The van der Waals surface area contributed by atoms with Crippen LogP contribution in [-0.2, 0) is 18.4 Å². The Bertz CT molecular complexity index is 1710. The second kappa shape index (κ2) is 10.4. The standard InChI is InChI=1S/C28H24F2N6O3/c1-16-25(28(39)36(35(16)2)14-18-6-8-22(29)23(30)10-18)27(38)32-9-3-4-17-5-7-20-21(12-19-13-31-15-33-19)26(37)34-24(20)11-17/h3-8,10-13,15H,9,14H2,1-2H3,(H,31,33)(H,32,38)(H,34,37)/b4-3+,21-12-. The minimum atomic E-state index is -1.01. The molecular weight excluding hydrogens is 506 g/mol. The normalized spacial score (nSPS) is 13.7. The fourth-order valence-corrected chi connectivity index (χ4v) is 4.41. The molecule has 39 heavy (non-hydrogen) atoms. The molecule has 0 aliphatic carbocycles. The van der Waals surface area contributed by atoms with Crippen LogP contribution in [0.15, 0.2) is 59.8 Å². The lowest BCUT2D eigenvalue weighted by atomic mass is 10.0. The Kier molecular flexibility index (Phi) is 6.80. The molecule has 5 rings (SSSR count). The van der Waals surface area contributed by atoms with Gasteiger partial charge in [0.2, 0.25) is 0 Å². The molecule has 2 aromatic heterocycles. The van der Waals surface area contributed by atoms with Crippen molar-refractivity contribution < 1.29 is 18.4 Å². The Morgan fingerprint density at radius 3 is 2.69 bits per heavy atom. The third-order valence-corrected chi connectivity index (χ3v) is 6.54. The maximum absolute atomic E-state index is 13.6. The third kappa shape index (κ3) is 5.06. The number of imidazole rings is 1. The summed E-state index contributed by atoms with van der Waals surface area (Å²) in [4.78, 5) is 45.1. The molecule has 0 fully saturated rings. The van der Waals surface area contributed by atoms with E-state index in [2.05, 4.69) is 20.6 Å². The van der Waals surface area contributed by atoms with Crippen molar-refractivity contribution in [2.75, 3.05) is 11.9 Å². The van der Waals surface area contributed by atoms with Gasteiger partial charge in [0.25, 0.3) is 17.4 Å². The molecule has 0 unspecified atom stereocenters. The smallest absolute Gasteiger partial charge is 0.280 e. The van der Waals surface area contributed by atoms with Gasteiger partial charge in [-0.05, 0) is 42.3 Å². The van der Waals surface area contributed by atoms with E-state index in [1.807, 2.05) is 18.2 Å². The van der Waals surface area contributed by atoms with Crippen molar-refractivity contribution in [2.24, 2.45) is 7.05 Å². The topological polar surface area (TPSA) is 114 Å². The summed E-state index contributed by atoms with van der Waals surface area (Å²) >= 11 is 0. The van der Waals surface area contributed by atoms with Crippen molar-refractivity contribution in [3.63, 3.8) is 0 Å². The molecule has 9 nitrogen and oxygen atoms in total. The summed E-state index contributed by atoms with van der Waals surface area (Å²) in [6.07, 6.45) is 8.43. The molecule has 0 atom stereocenters. The second-order valence-electron chi connectivity index (χ2n) is 9.03. The number of H-pyrrole nitrogens is 1. The number of rotatable bonds is 7. The van der Waals surface area contributed by atoms with E-state index >= 15 is 0 Å². The summed E-state index contributed by atoms with van der Waals surface area (Å²) in [5.41, 5.74) is 3.80. The number of anilines is 1. The summed E-state index contributed by atoms with van der Waals surface area (Å²) in [5, 5.41) is 5.56. The number of benzene rings is 2. The third-order valence-electron chi connectivity index (χ3n) is 6.54. The number of nitrogens with zero attached hydrogens (tertiary/aromatic N) is 3. The number of hydrogen-bond donors (Lipinski definition) is 3. The number of fused-ring (bicyclic) bond motifs is 1. The Hall–Kier alpha value is -5.06. The molecule has 0 spiro atoms. The first-order valence-electron chi connectivity index (χ1n) is 12.0. The van der Waals surface area contributed by atoms with E-state index in [4.69, 9.17) is 0 Å². The van der Waals surface area contributed by atoms with Gasteiger partial charge in [-0.3, -0.25) is 19.1 Å². The van der Waals surface area contributed by atoms with Crippen LogP contribution in [0.1, 0.15) is 38.4 Å². The minimum Gasteiger partial charge on any atom is -0.348 e. The molecular formula is C28H24F2N6O3. The molecule has 0 saturated carbocycles. The van der Waals surface area contributed by atoms with Crippen molar-refractivity contribution in [3.8, 4) is 0 Å². The van der Waals surface area contributed by atoms with Crippen LogP contribution in [0.25, 0.3) is 17.7 Å². The molecule has 4 aromatic rings. The number of nitrogens with one attached hydrogen (secondary N) is 3. The number of halogens is 2. The summed E-state index contributed by atoms with van der Waals surface area (Å²) in [7, 11) is 1.62. The van der Waals surface area contributed by atoms with E-state index in [1.165, 1.54) is 21.8 Å². The van der Waals surface area contributed by atoms with E-state index in [0.29, 0.717) is 22.5 Å². The molecule has 1 aliphatic heterocycles. The van der Waals surface area contributed by atoms with Crippen LogP contribution < -0.4 is 16.2 Å². The first-order valence-corrected chi connectivity index (χ1v) is 12.0. The van der Waals surface area contributed by atoms with Crippen molar-refractivity contribution in [1.29, 1.82) is 0 Å². The quantitative estimate of drug-likeness (QED) is 0.318. The Balaban J connectivity index is 1.25. The van der Waals surface area contributed by atoms with E-state index in [-0.39, 0.29) is 24.6 Å². The lowest BCUT2D eigenvalue weighted by Crippen LogP contribution is -2.31. The monoisotopic (exact) mass is 530 g/mol. The van der Waals surface area contributed by atoms with Crippen LogP contribution in [0.2, 0.25) is 0 Å². The van der Waals surface area contributed by atoms with Gasteiger partial charge in [0.15, 0.2) is 11.6 Å². The Morgan fingerprint density at radius 2 is 1.95 bits per heavy atom. The van der Waals surface area contributed by atoms with Gasteiger partial charge < -0.3 is 15.6 Å². The van der Waals surface area contributed by atoms with Crippen LogP contribution in [-0.4, -0.2) is 37.7 Å². The minimum absolute atomic E-state index is 0.0196. The average Bonchev–Trinajstić information content (AvgIpc) is 3.59. The predicted molar refractivity (Wildman–Crippen MR) is 143 cm³/mol. The van der Waals surface area contributed by atoms with Gasteiger partial charge in [0.05, 0.1) is 30.3 Å². The highest BCUT2D eigenvalue weighted by atomic mass is 19.2. The van der Waals surface area contributed by atoms with Crippen LogP contribution >= 0.6 is 0 Å². The SMILES string of the molecule is Cc1c(C(=O)NC/C=C/c2ccc3c(c2)NC(=O)/C3=C\c2cnc[nH]2)c(=O)n(Cc2ccc(F)c(F)c2)n1C. The van der Waals surface area contributed by atoms with E-state index in [0.717, 1.165) is 29.0 Å². The number of carbonyl (C=O) groups is 2. The van der Waals surface area contributed by atoms with Crippen molar-refractivity contribution in [1.82, 2.24) is 24.6 Å². The van der Waals surface area contributed by atoms with E-state index < -0.39 is 23.1 Å². The number of hydrogen-bond acceptors (Lipinski definition) is 4. The number of aromatic nitrogens is 4. The second-order valence-corrected chi connectivity index (χ2v) is 9.03. The average molecular weight is 531 g/mol. The molecule has 1 aliphatic rings. The zero-order valence-corrected chi connectivity index (χ0v) is 21.1. The molecule has 2 amide bonds. The van der Waals surface area contributed by atoms with Crippen molar-refractivity contribution in [2.45, 2.75) is 13.5 Å². The zero-order chi connectivity index (χ0) is 27.7. The molecule has 2 aromatic carbocycles. The fraction of sp³-hybridized carbons (Fsp3) is 0.143. The molecule has 11 heteroatoms. The van der Waals surface area contributed by atoms with E-state index in [1.54, 1.807) is 38.4 Å². The molecule has 0 bridgehead atoms. The highest BCUT2D eigenvalue weighted by molar-refractivity contribution is 6.34. The number of amides is 2. The first-order chi connectivity index (χ1) is 18.7. The van der Waals surface area contributed by atoms with Crippen LogP contribution in [0.3, 0.4) is 0 Å². The Labute approximate surface area is 221 Å².